The number of ether oxygens (including phenoxy) is 2. The highest BCUT2D eigenvalue weighted by molar-refractivity contribution is 5.82. The standard InChI is InChI=1S/C14H17NO3/c1-4-10(2)12(16)9-18-13-6-5-11(8-15)7-14(13)17-3/h5-7,10H,4,9H2,1-3H3. The largest absolute Gasteiger partial charge is 0.493 e. The van der Waals surface area contributed by atoms with Crippen LogP contribution in [0.3, 0.4) is 0 Å². The van der Waals surface area contributed by atoms with Crippen LogP contribution in [0.25, 0.3) is 0 Å². The Labute approximate surface area is 107 Å². The average Bonchev–Trinajstić information content (AvgIpc) is 2.43. The number of benzene rings is 1. The van der Waals surface area contributed by atoms with Gasteiger partial charge >= 0.3 is 0 Å². The fourth-order valence-electron chi connectivity index (χ4n) is 1.38. The number of methoxy groups -OCH3 is 1. The molecule has 0 aromatic heterocycles. The Morgan fingerprint density at radius 1 is 1.44 bits per heavy atom. The van der Waals surface area contributed by atoms with Gasteiger partial charge in [0.05, 0.1) is 18.7 Å². The first-order valence-corrected chi connectivity index (χ1v) is 5.86. The third-order valence-corrected chi connectivity index (χ3v) is 2.82. The van der Waals surface area contributed by atoms with Gasteiger partial charge in [-0.05, 0) is 18.6 Å². The fourth-order valence-corrected chi connectivity index (χ4v) is 1.38. The summed E-state index contributed by atoms with van der Waals surface area (Å²) in [6.07, 6.45) is 0.798. The van der Waals surface area contributed by atoms with Crippen LogP contribution >= 0.6 is 0 Å². The number of rotatable bonds is 6. The van der Waals surface area contributed by atoms with Gasteiger partial charge < -0.3 is 9.47 Å². The normalized spacial score (nSPS) is 11.4. The van der Waals surface area contributed by atoms with Crippen LogP contribution in [0.15, 0.2) is 18.2 Å². The lowest BCUT2D eigenvalue weighted by molar-refractivity contribution is -0.124. The number of Topliss-reactive ketones (excluding diaryl/α,β-unsaturated/α-hetero) is 1. The summed E-state index contributed by atoms with van der Waals surface area (Å²) in [5.41, 5.74) is 0.493. The predicted octanol–water partition coefficient (Wildman–Crippen LogP) is 2.56. The summed E-state index contributed by atoms with van der Waals surface area (Å²) in [6.45, 7) is 3.86. The molecule has 0 fully saturated rings. The van der Waals surface area contributed by atoms with Crippen LogP contribution in [0.1, 0.15) is 25.8 Å². The average molecular weight is 247 g/mol. The molecule has 4 heteroatoms. The van der Waals surface area contributed by atoms with E-state index in [1.165, 1.54) is 7.11 Å². The molecule has 18 heavy (non-hydrogen) atoms. The van der Waals surface area contributed by atoms with E-state index in [1.54, 1.807) is 18.2 Å². The Kier molecular flexibility index (Phi) is 5.19. The molecule has 1 aromatic rings. The Balaban J connectivity index is 2.73. The zero-order valence-corrected chi connectivity index (χ0v) is 10.9. The highest BCUT2D eigenvalue weighted by Crippen LogP contribution is 2.27. The molecule has 0 heterocycles. The van der Waals surface area contributed by atoms with Crippen molar-refractivity contribution in [3.05, 3.63) is 23.8 Å². The fraction of sp³-hybridized carbons (Fsp3) is 0.429. The monoisotopic (exact) mass is 247 g/mol. The Morgan fingerprint density at radius 2 is 2.17 bits per heavy atom. The first-order chi connectivity index (χ1) is 8.62. The van der Waals surface area contributed by atoms with Gasteiger partial charge in [0.15, 0.2) is 17.3 Å². The van der Waals surface area contributed by atoms with Crippen molar-refractivity contribution in [1.82, 2.24) is 0 Å². The number of ketones is 1. The van der Waals surface area contributed by atoms with Gasteiger partial charge in [-0.3, -0.25) is 4.79 Å². The molecule has 0 aliphatic heterocycles. The van der Waals surface area contributed by atoms with Crippen LogP contribution in [-0.2, 0) is 4.79 Å². The molecule has 0 aliphatic rings. The third kappa shape index (κ3) is 3.49. The first kappa shape index (κ1) is 14.0. The SMILES string of the molecule is CCC(C)C(=O)COc1ccc(C#N)cc1OC. The van der Waals surface area contributed by atoms with Gasteiger partial charge in [0, 0.05) is 12.0 Å². The van der Waals surface area contributed by atoms with Gasteiger partial charge in [0.2, 0.25) is 0 Å². The molecule has 96 valence electrons. The minimum absolute atomic E-state index is 0.00521. The maximum absolute atomic E-state index is 11.7. The van der Waals surface area contributed by atoms with E-state index in [4.69, 9.17) is 14.7 Å². The van der Waals surface area contributed by atoms with Crippen LogP contribution < -0.4 is 9.47 Å². The van der Waals surface area contributed by atoms with Crippen molar-refractivity contribution in [3.8, 4) is 17.6 Å². The zero-order valence-electron chi connectivity index (χ0n) is 10.9. The van der Waals surface area contributed by atoms with Gasteiger partial charge in [-0.2, -0.15) is 5.26 Å². The molecule has 0 saturated heterocycles. The number of nitrogens with zero attached hydrogens (tertiary/aromatic N) is 1. The number of hydrogen-bond acceptors (Lipinski definition) is 4. The summed E-state index contributed by atoms with van der Waals surface area (Å²) in [5, 5.41) is 8.77. The lowest BCUT2D eigenvalue weighted by Crippen LogP contribution is -2.18. The predicted molar refractivity (Wildman–Crippen MR) is 67.7 cm³/mol. The maximum atomic E-state index is 11.7. The van der Waals surface area contributed by atoms with Crippen molar-refractivity contribution in [2.24, 2.45) is 5.92 Å². The van der Waals surface area contributed by atoms with E-state index < -0.39 is 0 Å². The number of carbonyl (C=O) groups is 1. The van der Waals surface area contributed by atoms with Gasteiger partial charge in [-0.25, -0.2) is 0 Å². The maximum Gasteiger partial charge on any atom is 0.172 e. The van der Waals surface area contributed by atoms with Crippen molar-refractivity contribution in [1.29, 1.82) is 5.26 Å². The molecule has 0 spiro atoms. The van der Waals surface area contributed by atoms with Crippen LogP contribution in [0.4, 0.5) is 0 Å². The topological polar surface area (TPSA) is 59.3 Å². The summed E-state index contributed by atoms with van der Waals surface area (Å²) in [6, 6.07) is 6.88. The Morgan fingerprint density at radius 3 is 2.72 bits per heavy atom. The van der Waals surface area contributed by atoms with Crippen molar-refractivity contribution in [2.75, 3.05) is 13.7 Å². The van der Waals surface area contributed by atoms with E-state index in [9.17, 15) is 4.79 Å². The molecule has 4 nitrogen and oxygen atoms in total. The molecule has 0 saturated carbocycles. The third-order valence-electron chi connectivity index (χ3n) is 2.82. The molecule has 0 bridgehead atoms. The summed E-state index contributed by atoms with van der Waals surface area (Å²) >= 11 is 0. The smallest absolute Gasteiger partial charge is 0.172 e. The van der Waals surface area contributed by atoms with Crippen LogP contribution in [0.5, 0.6) is 11.5 Å². The van der Waals surface area contributed by atoms with Crippen LogP contribution in [-0.4, -0.2) is 19.5 Å². The van der Waals surface area contributed by atoms with E-state index in [-0.39, 0.29) is 18.3 Å². The van der Waals surface area contributed by atoms with E-state index in [0.717, 1.165) is 6.42 Å². The van der Waals surface area contributed by atoms with Gasteiger partial charge in [-0.15, -0.1) is 0 Å². The molecule has 1 aromatic carbocycles. The minimum atomic E-state index is -0.00521. The second-order valence-electron chi connectivity index (χ2n) is 4.04. The summed E-state index contributed by atoms with van der Waals surface area (Å²) in [7, 11) is 1.50. The van der Waals surface area contributed by atoms with Crippen LogP contribution in [0.2, 0.25) is 0 Å². The zero-order chi connectivity index (χ0) is 13.5. The van der Waals surface area contributed by atoms with E-state index >= 15 is 0 Å². The molecule has 0 N–H and O–H groups in total. The lowest BCUT2D eigenvalue weighted by atomic mass is 10.0. The van der Waals surface area contributed by atoms with Gasteiger partial charge in [0.1, 0.15) is 6.61 Å². The Hall–Kier alpha value is -2.02. The van der Waals surface area contributed by atoms with Crippen molar-refractivity contribution in [3.63, 3.8) is 0 Å². The van der Waals surface area contributed by atoms with Crippen molar-refractivity contribution in [2.45, 2.75) is 20.3 Å². The second-order valence-corrected chi connectivity index (χ2v) is 4.04. The van der Waals surface area contributed by atoms with Crippen molar-refractivity contribution < 1.29 is 14.3 Å². The highest BCUT2D eigenvalue weighted by atomic mass is 16.5. The molecular weight excluding hydrogens is 230 g/mol. The summed E-state index contributed by atoms with van der Waals surface area (Å²) in [4.78, 5) is 11.7. The first-order valence-electron chi connectivity index (χ1n) is 5.86. The van der Waals surface area contributed by atoms with E-state index in [2.05, 4.69) is 0 Å². The lowest BCUT2D eigenvalue weighted by Gasteiger charge is -2.12. The molecule has 1 atom stereocenters. The van der Waals surface area contributed by atoms with Crippen molar-refractivity contribution >= 4 is 5.78 Å². The van der Waals surface area contributed by atoms with E-state index in [0.29, 0.717) is 17.1 Å². The number of nitriles is 1. The summed E-state index contributed by atoms with van der Waals surface area (Å²) < 4.78 is 10.5. The second kappa shape index (κ2) is 6.65. The Bertz CT molecular complexity index is 463. The van der Waals surface area contributed by atoms with Gasteiger partial charge in [-0.1, -0.05) is 13.8 Å². The minimum Gasteiger partial charge on any atom is -0.493 e. The molecule has 0 amide bonds. The van der Waals surface area contributed by atoms with E-state index in [1.807, 2.05) is 19.9 Å². The quantitative estimate of drug-likeness (QED) is 0.775. The highest BCUT2D eigenvalue weighted by Gasteiger charge is 2.13. The van der Waals surface area contributed by atoms with Crippen LogP contribution in [0, 0.1) is 17.2 Å². The summed E-state index contributed by atoms with van der Waals surface area (Å²) in [5.74, 6) is 0.998. The van der Waals surface area contributed by atoms with Gasteiger partial charge in [0.25, 0.3) is 0 Å². The number of carbonyl (C=O) groups excluding carboxylic acids is 1. The number of hydrogen-bond donors (Lipinski definition) is 0. The molecule has 0 radical (unpaired) electrons. The molecule has 1 unspecified atom stereocenters. The molecule has 0 aliphatic carbocycles. The molecular formula is C14H17NO3. The molecule has 1 rings (SSSR count).